The molecule has 0 radical (unpaired) electrons. The van der Waals surface area contributed by atoms with E-state index < -0.39 is 0 Å². The molecule has 0 saturated heterocycles. The molecule has 1 atom stereocenters. The van der Waals surface area contributed by atoms with Crippen LogP contribution in [0.15, 0.2) is 24.4 Å². The Morgan fingerprint density at radius 2 is 2.08 bits per heavy atom. The van der Waals surface area contributed by atoms with E-state index in [2.05, 4.69) is 38.7 Å². The molecule has 1 unspecified atom stereocenters. The Kier molecular flexibility index (Phi) is 6.33. The summed E-state index contributed by atoms with van der Waals surface area (Å²) in [4.78, 5) is 0. The lowest BCUT2D eigenvalue weighted by Gasteiger charge is -2.12. The smallest absolute Gasteiger partial charge is 0.113 e. The first-order valence-electron chi connectivity index (χ1n) is 4.78. The van der Waals surface area contributed by atoms with Crippen molar-refractivity contribution in [3.8, 4) is 0 Å². The van der Waals surface area contributed by atoms with Crippen LogP contribution in [0.3, 0.4) is 0 Å². The highest BCUT2D eigenvalue weighted by molar-refractivity contribution is 5.11. The highest BCUT2D eigenvalue weighted by Crippen LogP contribution is 2.14. The van der Waals surface area contributed by atoms with Gasteiger partial charge in [0.15, 0.2) is 0 Å². The number of hydrogen-bond donors (Lipinski definition) is 2. The van der Waals surface area contributed by atoms with Crippen LogP contribution in [0, 0.1) is 11.8 Å². The van der Waals surface area contributed by atoms with Gasteiger partial charge < -0.3 is 10.4 Å². The van der Waals surface area contributed by atoms with E-state index in [0.29, 0.717) is 11.8 Å². The summed E-state index contributed by atoms with van der Waals surface area (Å²) in [7, 11) is 0. The van der Waals surface area contributed by atoms with E-state index in [-0.39, 0.29) is 6.73 Å². The normalized spacial score (nSPS) is 13.6. The molecule has 0 aromatic rings. The quantitative estimate of drug-likeness (QED) is 0.489. The Labute approximate surface area is 81.4 Å². The summed E-state index contributed by atoms with van der Waals surface area (Å²) in [5.74, 6) is 1.40. The van der Waals surface area contributed by atoms with E-state index in [1.54, 1.807) is 0 Å². The van der Waals surface area contributed by atoms with Crippen LogP contribution in [0.25, 0.3) is 0 Å². The van der Waals surface area contributed by atoms with E-state index in [0.717, 1.165) is 12.1 Å². The van der Waals surface area contributed by atoms with Crippen molar-refractivity contribution >= 4 is 0 Å². The molecule has 0 aromatic carbocycles. The first-order valence-corrected chi connectivity index (χ1v) is 4.78. The van der Waals surface area contributed by atoms with Crippen molar-refractivity contribution in [3.05, 3.63) is 24.4 Å². The van der Waals surface area contributed by atoms with Crippen LogP contribution >= 0.6 is 0 Å². The van der Waals surface area contributed by atoms with Gasteiger partial charge in [-0.1, -0.05) is 33.4 Å². The molecule has 0 aliphatic heterocycles. The van der Waals surface area contributed by atoms with E-state index >= 15 is 0 Å². The third-order valence-corrected chi connectivity index (χ3v) is 2.27. The summed E-state index contributed by atoms with van der Waals surface area (Å²) in [5, 5.41) is 11.3. The second-order valence-electron chi connectivity index (χ2n) is 3.72. The Bertz CT molecular complexity index is 173. The molecule has 0 amide bonds. The molecule has 2 heteroatoms. The number of nitrogens with one attached hydrogen (secondary N) is 1. The first kappa shape index (κ1) is 12.2. The molecule has 0 aromatic heterocycles. The average Bonchev–Trinajstić information content (AvgIpc) is 2.04. The topological polar surface area (TPSA) is 32.3 Å². The Hall–Kier alpha value is -0.760. The number of hydrogen-bond acceptors (Lipinski definition) is 2. The first-order chi connectivity index (χ1) is 6.07. The Morgan fingerprint density at radius 1 is 1.46 bits per heavy atom. The molecular weight excluding hydrogens is 162 g/mol. The van der Waals surface area contributed by atoms with Gasteiger partial charge >= 0.3 is 0 Å². The Balaban J connectivity index is 3.68. The van der Waals surface area contributed by atoms with Gasteiger partial charge in [0.05, 0.1) is 0 Å². The third kappa shape index (κ3) is 6.41. The molecule has 2 N–H and O–H groups in total. The average molecular weight is 183 g/mol. The van der Waals surface area contributed by atoms with Gasteiger partial charge in [-0.2, -0.15) is 0 Å². The fourth-order valence-corrected chi connectivity index (χ4v) is 0.858. The lowest BCUT2D eigenvalue weighted by Crippen LogP contribution is -2.11. The zero-order valence-electron chi connectivity index (χ0n) is 8.88. The van der Waals surface area contributed by atoms with Crippen LogP contribution < -0.4 is 5.32 Å². The fraction of sp³-hybridized carbons (Fsp3) is 0.636. The summed E-state index contributed by atoms with van der Waals surface area (Å²) in [6, 6.07) is 0. The maximum atomic E-state index is 8.53. The van der Waals surface area contributed by atoms with Crippen LogP contribution in [0.2, 0.25) is 0 Å². The van der Waals surface area contributed by atoms with Gasteiger partial charge in [-0.25, -0.2) is 0 Å². The highest BCUT2D eigenvalue weighted by atomic mass is 16.3. The summed E-state index contributed by atoms with van der Waals surface area (Å²) in [6.45, 7) is 10.4. The predicted molar refractivity (Wildman–Crippen MR) is 57.1 cm³/mol. The van der Waals surface area contributed by atoms with Gasteiger partial charge in [-0.3, -0.25) is 0 Å². The lowest BCUT2D eigenvalue weighted by molar-refractivity contribution is 0.276. The molecule has 0 rings (SSSR count). The number of rotatable bonds is 6. The van der Waals surface area contributed by atoms with Crippen molar-refractivity contribution < 1.29 is 5.11 Å². The molecular formula is C11H21NO. The van der Waals surface area contributed by atoms with Gasteiger partial charge in [-0.05, 0) is 24.3 Å². The second-order valence-corrected chi connectivity index (χ2v) is 3.72. The second kappa shape index (κ2) is 6.72. The van der Waals surface area contributed by atoms with Gasteiger partial charge in [0.25, 0.3) is 0 Å². The van der Waals surface area contributed by atoms with E-state index in [9.17, 15) is 0 Å². The van der Waals surface area contributed by atoms with Gasteiger partial charge in [0, 0.05) is 5.70 Å². The highest BCUT2D eigenvalue weighted by Gasteiger charge is 2.03. The number of allylic oxidation sites excluding steroid dienone is 2. The van der Waals surface area contributed by atoms with E-state index in [4.69, 9.17) is 5.11 Å². The molecule has 0 saturated carbocycles. The van der Waals surface area contributed by atoms with Crippen molar-refractivity contribution in [2.24, 2.45) is 11.8 Å². The van der Waals surface area contributed by atoms with Crippen LogP contribution in [0.4, 0.5) is 0 Å². The van der Waals surface area contributed by atoms with Crippen molar-refractivity contribution in [1.29, 1.82) is 0 Å². The molecule has 0 spiro atoms. The van der Waals surface area contributed by atoms with Gasteiger partial charge in [-0.15, -0.1) is 0 Å². The molecule has 76 valence electrons. The zero-order chi connectivity index (χ0) is 10.3. The summed E-state index contributed by atoms with van der Waals surface area (Å²) in [5.41, 5.74) is 0.762. The SMILES string of the molecule is C=C(/C=C\CC(C)C(C)C)NCO. The van der Waals surface area contributed by atoms with Crippen LogP contribution in [-0.2, 0) is 0 Å². The van der Waals surface area contributed by atoms with Crippen LogP contribution in [-0.4, -0.2) is 11.8 Å². The molecule has 13 heavy (non-hydrogen) atoms. The molecule has 0 aliphatic carbocycles. The van der Waals surface area contributed by atoms with Crippen molar-refractivity contribution in [1.82, 2.24) is 5.32 Å². The summed E-state index contributed by atoms with van der Waals surface area (Å²) in [6.07, 6.45) is 5.06. The minimum absolute atomic E-state index is 0.0527. The van der Waals surface area contributed by atoms with E-state index in [1.165, 1.54) is 0 Å². The Morgan fingerprint density at radius 3 is 2.54 bits per heavy atom. The van der Waals surface area contributed by atoms with Crippen molar-refractivity contribution in [2.45, 2.75) is 27.2 Å². The molecule has 0 bridgehead atoms. The maximum Gasteiger partial charge on any atom is 0.113 e. The number of aliphatic hydroxyl groups is 1. The van der Waals surface area contributed by atoms with Crippen LogP contribution in [0.5, 0.6) is 0 Å². The van der Waals surface area contributed by atoms with E-state index in [1.807, 2.05) is 6.08 Å². The molecule has 0 fully saturated rings. The maximum absolute atomic E-state index is 8.53. The van der Waals surface area contributed by atoms with Crippen molar-refractivity contribution in [3.63, 3.8) is 0 Å². The largest absolute Gasteiger partial charge is 0.377 e. The molecule has 0 heterocycles. The van der Waals surface area contributed by atoms with Gasteiger partial charge in [0.2, 0.25) is 0 Å². The number of aliphatic hydroxyl groups excluding tert-OH is 1. The minimum atomic E-state index is -0.0527. The lowest BCUT2D eigenvalue weighted by atomic mass is 9.94. The zero-order valence-corrected chi connectivity index (χ0v) is 8.88. The van der Waals surface area contributed by atoms with Crippen molar-refractivity contribution in [2.75, 3.05) is 6.73 Å². The molecule has 2 nitrogen and oxygen atoms in total. The van der Waals surface area contributed by atoms with Gasteiger partial charge in [0.1, 0.15) is 6.73 Å². The third-order valence-electron chi connectivity index (χ3n) is 2.27. The summed E-state index contributed by atoms with van der Waals surface area (Å²) >= 11 is 0. The fourth-order valence-electron chi connectivity index (χ4n) is 0.858. The van der Waals surface area contributed by atoms with Crippen LogP contribution in [0.1, 0.15) is 27.2 Å². The predicted octanol–water partition coefficient (Wildman–Crippen LogP) is 2.28. The molecule has 0 aliphatic rings. The monoisotopic (exact) mass is 183 g/mol. The standard InChI is InChI=1S/C11H21NO/c1-9(2)10(3)6-5-7-11(4)12-8-13/h5,7,9-10,12-13H,4,6,8H2,1-3H3/b7-5-. The minimum Gasteiger partial charge on any atom is -0.377 e. The summed E-state index contributed by atoms with van der Waals surface area (Å²) < 4.78 is 0.